The maximum atomic E-state index is 13.5. The Labute approximate surface area is 226 Å². The van der Waals surface area contributed by atoms with Crippen LogP contribution in [0.3, 0.4) is 0 Å². The summed E-state index contributed by atoms with van der Waals surface area (Å²) in [7, 11) is 0. The van der Waals surface area contributed by atoms with Crippen molar-refractivity contribution in [3.63, 3.8) is 0 Å². The first kappa shape index (κ1) is 29.5. The average Bonchev–Trinajstić information content (AvgIpc) is 3.32. The zero-order valence-electron chi connectivity index (χ0n) is 22.1. The Morgan fingerprint density at radius 1 is 1.15 bits per heavy atom. The number of benzene rings is 1. The van der Waals surface area contributed by atoms with Gasteiger partial charge in [0.1, 0.15) is 17.8 Å². The molecule has 0 unspecified atom stereocenters. The number of carbonyl (C=O) groups excluding carboxylic acids is 5. The Kier molecular flexibility index (Phi) is 10.8. The molecule has 1 aliphatic heterocycles. The molecule has 1 fully saturated rings. The van der Waals surface area contributed by atoms with E-state index in [1.807, 2.05) is 13.8 Å². The number of amides is 3. The molecule has 0 spiro atoms. The van der Waals surface area contributed by atoms with Gasteiger partial charge in [-0.2, -0.15) is 0 Å². The topological polar surface area (TPSA) is 147 Å². The van der Waals surface area contributed by atoms with Gasteiger partial charge in [0.2, 0.25) is 11.8 Å². The molecule has 0 bridgehead atoms. The summed E-state index contributed by atoms with van der Waals surface area (Å²) < 4.78 is 13.4. The second kappa shape index (κ2) is 14.2. The highest BCUT2D eigenvalue weighted by molar-refractivity contribution is 5.97. The monoisotopic (exact) mass is 539 g/mol. The summed E-state index contributed by atoms with van der Waals surface area (Å²) in [6, 6.07) is 3.70. The van der Waals surface area contributed by atoms with Crippen molar-refractivity contribution in [1.82, 2.24) is 25.9 Å². The number of carbonyl (C=O) groups is 5. The van der Waals surface area contributed by atoms with Crippen LogP contribution in [0.15, 0.2) is 42.9 Å². The molecule has 0 radical (unpaired) electrons. The second-order valence-electron chi connectivity index (χ2n) is 10.2. The number of hydrogen-bond acceptors (Lipinski definition) is 7. The number of nitrogens with zero attached hydrogens (tertiary/aromatic N) is 2. The number of aromatic nitrogens is 2. The molecule has 3 rings (SSSR count). The van der Waals surface area contributed by atoms with E-state index in [1.165, 1.54) is 42.9 Å². The van der Waals surface area contributed by atoms with Crippen molar-refractivity contribution < 1.29 is 28.4 Å². The average molecular weight is 540 g/mol. The first-order valence-electron chi connectivity index (χ1n) is 13.0. The molecular weight excluding hydrogens is 505 g/mol. The minimum Gasteiger partial charge on any atom is -0.356 e. The van der Waals surface area contributed by atoms with Crippen LogP contribution in [0.25, 0.3) is 0 Å². The third-order valence-electron chi connectivity index (χ3n) is 6.61. The zero-order valence-corrected chi connectivity index (χ0v) is 22.1. The van der Waals surface area contributed by atoms with Gasteiger partial charge in [0, 0.05) is 37.2 Å². The van der Waals surface area contributed by atoms with Crippen LogP contribution in [0.4, 0.5) is 4.39 Å². The van der Waals surface area contributed by atoms with E-state index < -0.39 is 41.4 Å². The van der Waals surface area contributed by atoms with Gasteiger partial charge in [0.05, 0.1) is 18.3 Å². The van der Waals surface area contributed by atoms with Crippen molar-refractivity contribution in [2.75, 3.05) is 6.54 Å². The number of rotatable bonds is 14. The lowest BCUT2D eigenvalue weighted by Crippen LogP contribution is -2.46. The van der Waals surface area contributed by atoms with Crippen LogP contribution in [0, 0.1) is 23.6 Å². The molecule has 2 aromatic rings. The summed E-state index contributed by atoms with van der Waals surface area (Å²) in [6.45, 7) is 4.36. The zero-order chi connectivity index (χ0) is 28.4. The van der Waals surface area contributed by atoms with Crippen molar-refractivity contribution in [2.45, 2.75) is 58.0 Å². The van der Waals surface area contributed by atoms with Gasteiger partial charge in [-0.05, 0) is 49.3 Å². The first-order valence-corrected chi connectivity index (χ1v) is 13.0. The van der Waals surface area contributed by atoms with Gasteiger partial charge in [0.25, 0.3) is 5.91 Å². The summed E-state index contributed by atoms with van der Waals surface area (Å²) in [5.74, 6) is -3.10. The Bertz CT molecular complexity index is 1160. The predicted molar refractivity (Wildman–Crippen MR) is 140 cm³/mol. The summed E-state index contributed by atoms with van der Waals surface area (Å²) >= 11 is 0. The molecule has 1 aromatic carbocycles. The number of hydrogen-bond donors (Lipinski definition) is 3. The van der Waals surface area contributed by atoms with E-state index in [-0.39, 0.29) is 42.7 Å². The summed E-state index contributed by atoms with van der Waals surface area (Å²) in [5, 5.41) is 8.10. The van der Waals surface area contributed by atoms with E-state index in [4.69, 9.17) is 0 Å². The van der Waals surface area contributed by atoms with Crippen LogP contribution in [0.2, 0.25) is 0 Å². The molecule has 39 heavy (non-hydrogen) atoms. The Morgan fingerprint density at radius 3 is 2.49 bits per heavy atom. The molecular formula is C28H34FN5O5. The number of ketones is 1. The molecule has 11 heteroatoms. The summed E-state index contributed by atoms with van der Waals surface area (Å²) in [6.07, 6.45) is 5.68. The predicted octanol–water partition coefficient (Wildman–Crippen LogP) is 1.79. The molecule has 1 aromatic heterocycles. The van der Waals surface area contributed by atoms with E-state index >= 15 is 0 Å². The Morgan fingerprint density at radius 2 is 1.90 bits per heavy atom. The van der Waals surface area contributed by atoms with Crippen LogP contribution >= 0.6 is 0 Å². The molecule has 0 aliphatic carbocycles. The maximum Gasteiger partial charge on any atom is 0.272 e. The van der Waals surface area contributed by atoms with Crippen LogP contribution in [0.5, 0.6) is 0 Å². The van der Waals surface area contributed by atoms with E-state index in [1.54, 1.807) is 0 Å². The Balaban J connectivity index is 1.75. The molecule has 1 saturated heterocycles. The standard InChI is InChI=1S/C28H34FN5O5/c1-17(2)11-20(27(38)33-22(16-35)13-19-7-8-32-26(19)37)14-25(36)23(12-18-3-5-21(29)6-4-18)34-28(39)24-15-30-9-10-31-24/h3-6,9-10,15-17,19-20,22-23H,7-8,11-14H2,1-2H3,(H,32,37)(H,33,38)(H,34,39)/t19-,20+,22-,23-/m0/s1. The van der Waals surface area contributed by atoms with Gasteiger partial charge in [-0.25, -0.2) is 9.37 Å². The fourth-order valence-corrected chi connectivity index (χ4v) is 4.61. The third kappa shape index (κ3) is 9.05. The number of Topliss-reactive ketones (excluding diaryl/α,β-unsaturated/α-hetero) is 1. The van der Waals surface area contributed by atoms with Gasteiger partial charge in [-0.3, -0.25) is 24.2 Å². The van der Waals surface area contributed by atoms with E-state index in [0.717, 1.165) is 0 Å². The van der Waals surface area contributed by atoms with Crippen molar-refractivity contribution in [1.29, 1.82) is 0 Å². The Hall–Kier alpha value is -4.02. The van der Waals surface area contributed by atoms with Crippen LogP contribution in [-0.4, -0.2) is 58.4 Å². The van der Waals surface area contributed by atoms with Crippen molar-refractivity contribution >= 4 is 29.8 Å². The second-order valence-corrected chi connectivity index (χ2v) is 10.2. The largest absolute Gasteiger partial charge is 0.356 e. The van der Waals surface area contributed by atoms with Crippen molar-refractivity contribution in [3.05, 3.63) is 59.9 Å². The van der Waals surface area contributed by atoms with Gasteiger partial charge in [-0.15, -0.1) is 0 Å². The number of nitrogens with one attached hydrogen (secondary N) is 3. The lowest BCUT2D eigenvalue weighted by Gasteiger charge is -2.24. The molecule has 4 atom stereocenters. The first-order chi connectivity index (χ1) is 18.7. The van der Waals surface area contributed by atoms with E-state index in [9.17, 15) is 28.4 Å². The normalized spacial score (nSPS) is 17.1. The summed E-state index contributed by atoms with van der Waals surface area (Å²) in [4.78, 5) is 71.0. The lowest BCUT2D eigenvalue weighted by molar-refractivity contribution is -0.132. The fraction of sp³-hybridized carbons (Fsp3) is 0.464. The van der Waals surface area contributed by atoms with Crippen LogP contribution < -0.4 is 16.0 Å². The minimum atomic E-state index is -1.02. The third-order valence-corrected chi connectivity index (χ3v) is 6.61. The van der Waals surface area contributed by atoms with Crippen molar-refractivity contribution in [2.24, 2.45) is 17.8 Å². The highest BCUT2D eigenvalue weighted by Crippen LogP contribution is 2.20. The molecule has 3 N–H and O–H groups in total. The lowest BCUT2D eigenvalue weighted by atomic mass is 9.88. The van der Waals surface area contributed by atoms with Crippen LogP contribution in [-0.2, 0) is 25.6 Å². The van der Waals surface area contributed by atoms with Crippen LogP contribution in [0.1, 0.15) is 55.6 Å². The van der Waals surface area contributed by atoms with Crippen molar-refractivity contribution in [3.8, 4) is 0 Å². The highest BCUT2D eigenvalue weighted by atomic mass is 19.1. The van der Waals surface area contributed by atoms with E-state index in [0.29, 0.717) is 31.2 Å². The maximum absolute atomic E-state index is 13.5. The highest BCUT2D eigenvalue weighted by Gasteiger charge is 2.32. The molecule has 208 valence electrons. The van der Waals surface area contributed by atoms with Gasteiger partial charge in [-0.1, -0.05) is 26.0 Å². The molecule has 0 saturated carbocycles. The summed E-state index contributed by atoms with van der Waals surface area (Å²) in [5.41, 5.74) is 0.644. The van der Waals surface area contributed by atoms with E-state index in [2.05, 4.69) is 25.9 Å². The SMILES string of the molecule is CC(C)C[C@H](CC(=O)[C@H](Cc1ccc(F)cc1)NC(=O)c1cnccn1)C(=O)N[C@H](C=O)C[C@@H]1CCNC1=O. The smallest absolute Gasteiger partial charge is 0.272 e. The molecule has 3 amide bonds. The van der Waals surface area contributed by atoms with Gasteiger partial charge < -0.3 is 20.7 Å². The molecule has 2 heterocycles. The molecule has 1 aliphatic rings. The number of halogens is 1. The minimum absolute atomic E-state index is 0.0238. The quantitative estimate of drug-likeness (QED) is 0.310. The fourth-order valence-electron chi connectivity index (χ4n) is 4.61. The number of aldehydes is 1. The van der Waals surface area contributed by atoms with Gasteiger partial charge in [0.15, 0.2) is 5.78 Å². The molecule has 10 nitrogen and oxygen atoms in total. The van der Waals surface area contributed by atoms with Gasteiger partial charge >= 0.3 is 0 Å².